The number of carbonyl (C=O) groups is 3. The number of likely N-dealkylation sites (tertiary alicyclic amines) is 1. The predicted octanol–water partition coefficient (Wildman–Crippen LogP) is 2.52. The Labute approximate surface area is 190 Å². The monoisotopic (exact) mass is 442 g/mol. The molecular formula is C24H34N4O4. The molecule has 2 heterocycles. The van der Waals surface area contributed by atoms with Gasteiger partial charge in [-0.05, 0) is 51.8 Å². The summed E-state index contributed by atoms with van der Waals surface area (Å²) in [6.45, 7) is 8.65. The van der Waals surface area contributed by atoms with E-state index in [0.29, 0.717) is 36.5 Å². The summed E-state index contributed by atoms with van der Waals surface area (Å²) in [4.78, 5) is 41.7. The number of esters is 1. The standard InChI is InChI=1S/C24H34N4O4/c1-4-13-28(16-20-21(23(30)32-5-2)17(3)25-24(31)26-20)19-11-14-27(15-12-19)22(29)18-9-7-6-8-10-18/h6-10,17,19H,4-5,11-16H2,1-3H3,(H2,25,26,31). The smallest absolute Gasteiger partial charge is 0.337 e. The Morgan fingerprint density at radius 1 is 1.16 bits per heavy atom. The van der Waals surface area contributed by atoms with E-state index in [1.807, 2.05) is 35.2 Å². The molecule has 2 N–H and O–H groups in total. The maximum absolute atomic E-state index is 12.8. The number of ether oxygens (including phenoxy) is 1. The Morgan fingerprint density at radius 2 is 1.84 bits per heavy atom. The van der Waals surface area contributed by atoms with Crippen LogP contribution in [-0.2, 0) is 9.53 Å². The van der Waals surface area contributed by atoms with E-state index in [0.717, 1.165) is 25.8 Å². The van der Waals surface area contributed by atoms with Crippen LogP contribution in [0.2, 0.25) is 0 Å². The summed E-state index contributed by atoms with van der Waals surface area (Å²) in [5.74, 6) is -0.333. The molecule has 0 aromatic heterocycles. The Kier molecular flexibility index (Phi) is 8.27. The van der Waals surface area contributed by atoms with Gasteiger partial charge in [0.1, 0.15) is 0 Å². The molecule has 1 atom stereocenters. The Balaban J connectivity index is 1.71. The molecule has 3 amide bonds. The summed E-state index contributed by atoms with van der Waals surface area (Å²) < 4.78 is 5.24. The van der Waals surface area contributed by atoms with Gasteiger partial charge < -0.3 is 20.3 Å². The van der Waals surface area contributed by atoms with Gasteiger partial charge in [0.25, 0.3) is 5.91 Å². The molecule has 1 fully saturated rings. The van der Waals surface area contributed by atoms with Crippen molar-refractivity contribution in [1.29, 1.82) is 0 Å². The Hall–Kier alpha value is -2.87. The van der Waals surface area contributed by atoms with E-state index < -0.39 is 12.0 Å². The number of hydrogen-bond acceptors (Lipinski definition) is 5. The molecule has 8 nitrogen and oxygen atoms in total. The summed E-state index contributed by atoms with van der Waals surface area (Å²) in [5, 5.41) is 5.58. The Bertz CT molecular complexity index is 847. The summed E-state index contributed by atoms with van der Waals surface area (Å²) in [6, 6.07) is 8.92. The van der Waals surface area contributed by atoms with Crippen molar-refractivity contribution in [2.45, 2.75) is 52.1 Å². The van der Waals surface area contributed by atoms with Crippen LogP contribution in [0.5, 0.6) is 0 Å². The van der Waals surface area contributed by atoms with E-state index in [9.17, 15) is 14.4 Å². The topological polar surface area (TPSA) is 91.0 Å². The molecule has 8 heteroatoms. The minimum absolute atomic E-state index is 0.0674. The molecule has 1 aromatic rings. The molecule has 0 bridgehead atoms. The first kappa shape index (κ1) is 23.8. The van der Waals surface area contributed by atoms with Crippen LogP contribution in [0.15, 0.2) is 41.6 Å². The molecule has 174 valence electrons. The van der Waals surface area contributed by atoms with Crippen molar-refractivity contribution in [3.05, 3.63) is 47.2 Å². The average molecular weight is 443 g/mol. The van der Waals surface area contributed by atoms with Crippen molar-refractivity contribution in [2.75, 3.05) is 32.8 Å². The maximum atomic E-state index is 12.8. The van der Waals surface area contributed by atoms with E-state index in [2.05, 4.69) is 22.5 Å². The number of urea groups is 1. The summed E-state index contributed by atoms with van der Waals surface area (Å²) in [6.07, 6.45) is 2.65. The highest BCUT2D eigenvalue weighted by atomic mass is 16.5. The second kappa shape index (κ2) is 11.1. The van der Waals surface area contributed by atoms with Gasteiger partial charge in [-0.1, -0.05) is 25.1 Å². The first-order valence-electron chi connectivity index (χ1n) is 11.5. The van der Waals surface area contributed by atoms with E-state index in [-0.39, 0.29) is 24.6 Å². The van der Waals surface area contributed by atoms with Crippen molar-refractivity contribution in [2.24, 2.45) is 0 Å². The fraction of sp³-hybridized carbons (Fsp3) is 0.542. The van der Waals surface area contributed by atoms with Gasteiger partial charge in [0.15, 0.2) is 0 Å². The third-order valence-electron chi connectivity index (χ3n) is 6.03. The minimum Gasteiger partial charge on any atom is -0.463 e. The van der Waals surface area contributed by atoms with Crippen molar-refractivity contribution in [3.63, 3.8) is 0 Å². The number of amides is 3. The maximum Gasteiger partial charge on any atom is 0.337 e. The first-order valence-corrected chi connectivity index (χ1v) is 11.5. The molecule has 0 saturated carbocycles. The second-order valence-electron chi connectivity index (χ2n) is 8.29. The highest BCUT2D eigenvalue weighted by molar-refractivity contribution is 5.95. The van der Waals surface area contributed by atoms with Crippen molar-refractivity contribution >= 4 is 17.9 Å². The summed E-state index contributed by atoms with van der Waals surface area (Å²) in [5.41, 5.74) is 1.80. The van der Waals surface area contributed by atoms with Crippen LogP contribution in [0.25, 0.3) is 0 Å². The molecular weight excluding hydrogens is 408 g/mol. The molecule has 0 aliphatic carbocycles. The Morgan fingerprint density at radius 3 is 2.47 bits per heavy atom. The largest absolute Gasteiger partial charge is 0.463 e. The average Bonchev–Trinajstić information content (AvgIpc) is 2.79. The van der Waals surface area contributed by atoms with Gasteiger partial charge in [0, 0.05) is 36.9 Å². The number of carbonyl (C=O) groups excluding carboxylic acids is 3. The number of nitrogens with zero attached hydrogens (tertiary/aromatic N) is 2. The van der Waals surface area contributed by atoms with Gasteiger partial charge in [0.2, 0.25) is 0 Å². The number of piperidine rings is 1. The number of rotatable bonds is 8. The normalized spacial score (nSPS) is 19.6. The SMILES string of the molecule is CCCN(CC1=C(C(=O)OCC)C(C)NC(=O)N1)C1CCN(C(=O)c2ccccc2)CC1. The summed E-state index contributed by atoms with van der Waals surface area (Å²) >= 11 is 0. The van der Waals surface area contributed by atoms with Gasteiger partial charge in [-0.2, -0.15) is 0 Å². The van der Waals surface area contributed by atoms with Gasteiger partial charge >= 0.3 is 12.0 Å². The highest BCUT2D eigenvalue weighted by Crippen LogP contribution is 2.22. The predicted molar refractivity (Wildman–Crippen MR) is 122 cm³/mol. The van der Waals surface area contributed by atoms with Crippen molar-refractivity contribution < 1.29 is 19.1 Å². The first-order chi connectivity index (χ1) is 15.4. The molecule has 2 aliphatic rings. The molecule has 0 spiro atoms. The molecule has 1 unspecified atom stereocenters. The van der Waals surface area contributed by atoms with Crippen LogP contribution < -0.4 is 10.6 Å². The van der Waals surface area contributed by atoms with E-state index >= 15 is 0 Å². The number of hydrogen-bond donors (Lipinski definition) is 2. The lowest BCUT2D eigenvalue weighted by atomic mass is 9.99. The third kappa shape index (κ3) is 5.68. The van der Waals surface area contributed by atoms with Crippen LogP contribution in [0.3, 0.4) is 0 Å². The van der Waals surface area contributed by atoms with E-state index in [4.69, 9.17) is 4.74 Å². The highest BCUT2D eigenvalue weighted by Gasteiger charge is 2.33. The molecule has 1 aromatic carbocycles. The quantitative estimate of drug-likeness (QED) is 0.604. The van der Waals surface area contributed by atoms with Gasteiger partial charge in [-0.3, -0.25) is 9.69 Å². The lowest BCUT2D eigenvalue weighted by Gasteiger charge is -2.39. The van der Waals surface area contributed by atoms with Crippen LogP contribution in [0.1, 0.15) is 50.4 Å². The molecule has 3 rings (SSSR count). The van der Waals surface area contributed by atoms with Crippen LogP contribution in [0, 0.1) is 0 Å². The molecule has 32 heavy (non-hydrogen) atoms. The zero-order valence-corrected chi connectivity index (χ0v) is 19.2. The molecule has 1 saturated heterocycles. The third-order valence-corrected chi connectivity index (χ3v) is 6.03. The van der Waals surface area contributed by atoms with E-state index in [1.165, 1.54) is 0 Å². The lowest BCUT2D eigenvalue weighted by Crippen LogP contribution is -2.53. The van der Waals surface area contributed by atoms with Gasteiger partial charge in [-0.15, -0.1) is 0 Å². The zero-order chi connectivity index (χ0) is 23.1. The summed E-state index contributed by atoms with van der Waals surface area (Å²) in [7, 11) is 0. The van der Waals surface area contributed by atoms with Gasteiger partial charge in [0.05, 0.1) is 18.2 Å². The van der Waals surface area contributed by atoms with Crippen LogP contribution >= 0.6 is 0 Å². The molecule has 2 aliphatic heterocycles. The van der Waals surface area contributed by atoms with Crippen molar-refractivity contribution in [3.8, 4) is 0 Å². The second-order valence-corrected chi connectivity index (χ2v) is 8.29. The minimum atomic E-state index is -0.411. The number of nitrogens with one attached hydrogen (secondary N) is 2. The molecule has 0 radical (unpaired) electrons. The van der Waals surface area contributed by atoms with Crippen LogP contribution in [-0.4, -0.2) is 72.6 Å². The van der Waals surface area contributed by atoms with E-state index in [1.54, 1.807) is 13.8 Å². The number of benzene rings is 1. The fourth-order valence-electron chi connectivity index (χ4n) is 4.48. The van der Waals surface area contributed by atoms with Crippen LogP contribution in [0.4, 0.5) is 4.79 Å². The lowest BCUT2D eigenvalue weighted by molar-refractivity contribution is -0.139. The van der Waals surface area contributed by atoms with Gasteiger partial charge in [-0.25, -0.2) is 9.59 Å². The van der Waals surface area contributed by atoms with Crippen molar-refractivity contribution in [1.82, 2.24) is 20.4 Å². The zero-order valence-electron chi connectivity index (χ0n) is 19.2. The fourth-order valence-corrected chi connectivity index (χ4v) is 4.48.